The Hall–Kier alpha value is -0.470. The van der Waals surface area contributed by atoms with Crippen LogP contribution in [0, 0.1) is 0 Å². The van der Waals surface area contributed by atoms with Crippen LogP contribution in [0.2, 0.25) is 0 Å². The van der Waals surface area contributed by atoms with Crippen LogP contribution >= 0.6 is 35.7 Å². The highest BCUT2D eigenvalue weighted by Gasteiger charge is 2.15. The Morgan fingerprint density at radius 2 is 1.92 bits per heavy atom. The number of guanidine groups is 1. The zero-order chi connectivity index (χ0) is 17.3. The largest absolute Gasteiger partial charge is 0.374 e. The van der Waals surface area contributed by atoms with E-state index in [0.717, 1.165) is 19.0 Å². The normalized spacial score (nSPS) is 12.0. The summed E-state index contributed by atoms with van der Waals surface area (Å²) in [4.78, 5) is 4.28. The van der Waals surface area contributed by atoms with Crippen LogP contribution in [-0.2, 0) is 17.9 Å². The summed E-state index contributed by atoms with van der Waals surface area (Å²) in [7, 11) is 1.80. The van der Waals surface area contributed by atoms with E-state index in [4.69, 9.17) is 4.74 Å². The van der Waals surface area contributed by atoms with E-state index >= 15 is 0 Å². The van der Waals surface area contributed by atoms with Crippen molar-refractivity contribution < 1.29 is 4.74 Å². The topological polar surface area (TPSA) is 45.7 Å². The molecule has 24 heavy (non-hydrogen) atoms. The Bertz CT molecular complexity index is 507. The van der Waals surface area contributed by atoms with Gasteiger partial charge in [-0.25, -0.2) is 0 Å². The van der Waals surface area contributed by atoms with E-state index in [1.807, 2.05) is 11.8 Å². The second-order valence-electron chi connectivity index (χ2n) is 6.42. The van der Waals surface area contributed by atoms with Gasteiger partial charge in [0.15, 0.2) is 5.96 Å². The second kappa shape index (κ2) is 12.0. The molecule has 0 amide bonds. The van der Waals surface area contributed by atoms with Crippen LogP contribution in [0.4, 0.5) is 0 Å². The van der Waals surface area contributed by atoms with Crippen molar-refractivity contribution in [2.45, 2.75) is 51.7 Å². The third-order valence-electron chi connectivity index (χ3n) is 3.49. The van der Waals surface area contributed by atoms with Gasteiger partial charge in [-0.1, -0.05) is 24.3 Å². The van der Waals surface area contributed by atoms with E-state index < -0.39 is 0 Å². The summed E-state index contributed by atoms with van der Waals surface area (Å²) in [5.41, 5.74) is 2.42. The fraction of sp³-hybridized carbons (Fsp3) is 0.611. The zero-order valence-electron chi connectivity index (χ0n) is 15.7. The highest BCUT2D eigenvalue weighted by Crippen LogP contribution is 2.19. The first-order valence-electron chi connectivity index (χ1n) is 8.05. The molecular formula is C18H32IN3OS. The number of hydrogen-bond donors (Lipinski definition) is 2. The van der Waals surface area contributed by atoms with Gasteiger partial charge in [0.25, 0.3) is 0 Å². The molecule has 4 nitrogen and oxygen atoms in total. The molecule has 0 heterocycles. The summed E-state index contributed by atoms with van der Waals surface area (Å²) in [6.07, 6.45) is 2.38. The molecule has 0 aliphatic carbocycles. The van der Waals surface area contributed by atoms with Crippen molar-refractivity contribution in [1.82, 2.24) is 10.6 Å². The molecule has 0 aromatic heterocycles. The molecule has 6 heteroatoms. The lowest BCUT2D eigenvalue weighted by Gasteiger charge is -2.23. The van der Waals surface area contributed by atoms with Gasteiger partial charge in [-0.2, -0.15) is 11.8 Å². The smallest absolute Gasteiger partial charge is 0.191 e. The molecule has 0 radical (unpaired) electrons. The van der Waals surface area contributed by atoms with Gasteiger partial charge in [0.2, 0.25) is 0 Å². The van der Waals surface area contributed by atoms with Gasteiger partial charge >= 0.3 is 0 Å². The van der Waals surface area contributed by atoms with E-state index in [2.05, 4.69) is 73.8 Å². The van der Waals surface area contributed by atoms with E-state index in [9.17, 15) is 0 Å². The number of hydrogen-bond acceptors (Lipinski definition) is 3. The van der Waals surface area contributed by atoms with Crippen LogP contribution in [0.3, 0.4) is 0 Å². The number of benzene rings is 1. The molecule has 1 aromatic rings. The van der Waals surface area contributed by atoms with Crippen molar-refractivity contribution in [3.63, 3.8) is 0 Å². The maximum atomic E-state index is 5.66. The summed E-state index contributed by atoms with van der Waals surface area (Å²) in [6, 6.07) is 8.46. The number of thioether (sulfide) groups is 1. The minimum absolute atomic E-state index is 0. The van der Waals surface area contributed by atoms with Crippen molar-refractivity contribution in [2.75, 3.05) is 19.8 Å². The van der Waals surface area contributed by atoms with Crippen LogP contribution < -0.4 is 10.6 Å². The number of aliphatic imine (C=N–C) groups is 1. The van der Waals surface area contributed by atoms with Gasteiger partial charge < -0.3 is 15.4 Å². The predicted octanol–water partition coefficient (Wildman–Crippen LogP) is 4.04. The molecule has 0 unspecified atom stereocenters. The van der Waals surface area contributed by atoms with Crippen LogP contribution in [0.1, 0.15) is 38.8 Å². The molecule has 138 valence electrons. The molecule has 0 spiro atoms. The molecule has 0 aliphatic rings. The molecule has 0 atom stereocenters. The summed E-state index contributed by atoms with van der Waals surface area (Å²) < 4.78 is 5.85. The predicted molar refractivity (Wildman–Crippen MR) is 118 cm³/mol. The SMILES string of the molecule is CN=C(NCc1cccc(COC(C)C)c1)NCC(C)(C)SC.I. The molecule has 1 aromatic carbocycles. The van der Waals surface area contributed by atoms with Crippen molar-refractivity contribution in [1.29, 1.82) is 0 Å². The van der Waals surface area contributed by atoms with Gasteiger partial charge in [0, 0.05) is 24.9 Å². The fourth-order valence-electron chi connectivity index (χ4n) is 1.87. The highest BCUT2D eigenvalue weighted by atomic mass is 127. The Morgan fingerprint density at radius 3 is 2.50 bits per heavy atom. The van der Waals surface area contributed by atoms with E-state index in [0.29, 0.717) is 6.61 Å². The van der Waals surface area contributed by atoms with Crippen LogP contribution in [0.25, 0.3) is 0 Å². The molecule has 0 saturated heterocycles. The Balaban J connectivity index is 0.00000529. The Labute approximate surface area is 168 Å². The first-order chi connectivity index (χ1) is 10.9. The van der Waals surface area contributed by atoms with Crippen LogP contribution in [0.5, 0.6) is 0 Å². The standard InChI is InChI=1S/C18H31N3OS.HI/c1-14(2)22-12-16-9-7-8-15(10-16)11-20-17(19-5)21-13-18(3,4)23-6;/h7-10,14H,11-13H2,1-6H3,(H2,19,20,21);1H. The van der Waals surface area contributed by atoms with Crippen LogP contribution in [-0.4, -0.2) is 36.7 Å². The van der Waals surface area contributed by atoms with Gasteiger partial charge in [-0.15, -0.1) is 24.0 Å². The van der Waals surface area contributed by atoms with Crippen molar-refractivity contribution in [3.8, 4) is 0 Å². The average Bonchev–Trinajstić information content (AvgIpc) is 2.53. The lowest BCUT2D eigenvalue weighted by molar-refractivity contribution is 0.0657. The first-order valence-corrected chi connectivity index (χ1v) is 9.28. The quantitative estimate of drug-likeness (QED) is 0.346. The minimum atomic E-state index is 0. The molecule has 0 saturated carbocycles. The van der Waals surface area contributed by atoms with Gasteiger partial charge in [-0.3, -0.25) is 4.99 Å². The van der Waals surface area contributed by atoms with Crippen molar-refractivity contribution in [3.05, 3.63) is 35.4 Å². The van der Waals surface area contributed by atoms with Gasteiger partial charge in [0.05, 0.1) is 12.7 Å². The van der Waals surface area contributed by atoms with Gasteiger partial charge in [-0.05, 0) is 45.1 Å². The Kier molecular flexibility index (Phi) is 11.7. The van der Waals surface area contributed by atoms with Crippen molar-refractivity contribution in [2.24, 2.45) is 4.99 Å². The molecule has 1 rings (SSSR count). The van der Waals surface area contributed by atoms with Crippen LogP contribution in [0.15, 0.2) is 29.3 Å². The van der Waals surface area contributed by atoms with Gasteiger partial charge in [0.1, 0.15) is 0 Å². The van der Waals surface area contributed by atoms with Crippen molar-refractivity contribution >= 4 is 41.7 Å². The molecule has 0 fully saturated rings. The molecule has 0 bridgehead atoms. The summed E-state index contributed by atoms with van der Waals surface area (Å²) in [6.45, 7) is 10.8. The molecular weight excluding hydrogens is 433 g/mol. The highest BCUT2D eigenvalue weighted by molar-refractivity contribution is 14.0. The lowest BCUT2D eigenvalue weighted by atomic mass is 10.1. The number of rotatable bonds is 8. The number of halogens is 1. The third-order valence-corrected chi connectivity index (χ3v) is 4.74. The monoisotopic (exact) mass is 465 g/mol. The summed E-state index contributed by atoms with van der Waals surface area (Å²) in [5.74, 6) is 0.830. The Morgan fingerprint density at radius 1 is 1.25 bits per heavy atom. The summed E-state index contributed by atoms with van der Waals surface area (Å²) in [5, 5.41) is 6.74. The average molecular weight is 465 g/mol. The first kappa shape index (κ1) is 23.5. The van der Waals surface area contributed by atoms with E-state index in [1.165, 1.54) is 11.1 Å². The van der Waals surface area contributed by atoms with E-state index in [1.54, 1.807) is 7.05 Å². The maximum absolute atomic E-state index is 5.66. The number of nitrogens with zero attached hydrogens (tertiary/aromatic N) is 1. The lowest BCUT2D eigenvalue weighted by Crippen LogP contribution is -2.42. The summed E-state index contributed by atoms with van der Waals surface area (Å²) >= 11 is 1.84. The second-order valence-corrected chi connectivity index (χ2v) is 7.94. The number of nitrogens with one attached hydrogen (secondary N) is 2. The zero-order valence-corrected chi connectivity index (χ0v) is 18.8. The minimum Gasteiger partial charge on any atom is -0.374 e. The van der Waals surface area contributed by atoms with E-state index in [-0.39, 0.29) is 34.8 Å². The fourth-order valence-corrected chi connectivity index (χ4v) is 2.08. The maximum Gasteiger partial charge on any atom is 0.191 e. The number of ether oxygens (including phenoxy) is 1. The third kappa shape index (κ3) is 9.74. The molecule has 0 aliphatic heterocycles. The molecule has 2 N–H and O–H groups in total.